The van der Waals surface area contributed by atoms with E-state index in [-0.39, 0.29) is 5.69 Å². The summed E-state index contributed by atoms with van der Waals surface area (Å²) >= 11 is 0. The van der Waals surface area contributed by atoms with E-state index >= 15 is 0 Å². The summed E-state index contributed by atoms with van der Waals surface area (Å²) in [5, 5.41) is 26.8. The van der Waals surface area contributed by atoms with Gasteiger partial charge in [0.05, 0.1) is 22.7 Å². The van der Waals surface area contributed by atoms with E-state index in [2.05, 4.69) is 15.6 Å². The summed E-state index contributed by atoms with van der Waals surface area (Å²) in [6, 6.07) is 2.74. The summed E-state index contributed by atoms with van der Waals surface area (Å²) in [6.45, 7) is 0.365. The minimum Gasteiger partial charge on any atom is -0.388 e. The van der Waals surface area contributed by atoms with E-state index in [4.69, 9.17) is 0 Å². The second-order valence-electron chi connectivity index (χ2n) is 4.89. The number of nitrogens with one attached hydrogen (secondary N) is 2. The molecule has 1 aromatic rings. The standard InChI is InChI=1S/C12H18N4O3/c1-13-10-6-9(16(18)19)7-11(15-10)14-8-12(17)4-2-3-5-12/h6-7,17H,2-5,8H2,1H3,(H2,13,14,15). The molecule has 1 aliphatic carbocycles. The highest BCUT2D eigenvalue weighted by Gasteiger charge is 2.30. The van der Waals surface area contributed by atoms with Crippen molar-refractivity contribution in [1.29, 1.82) is 0 Å². The van der Waals surface area contributed by atoms with E-state index in [1.165, 1.54) is 12.1 Å². The predicted molar refractivity (Wildman–Crippen MR) is 72.3 cm³/mol. The van der Waals surface area contributed by atoms with Crippen molar-refractivity contribution in [2.24, 2.45) is 0 Å². The lowest BCUT2D eigenvalue weighted by Gasteiger charge is -2.22. The summed E-state index contributed by atoms with van der Waals surface area (Å²) in [6.07, 6.45) is 3.55. The van der Waals surface area contributed by atoms with Gasteiger partial charge in [0.1, 0.15) is 11.6 Å². The minimum absolute atomic E-state index is 0.0275. The number of anilines is 2. The van der Waals surface area contributed by atoms with Gasteiger partial charge in [-0.15, -0.1) is 0 Å². The summed E-state index contributed by atoms with van der Waals surface area (Å²) in [5.74, 6) is 0.828. The fraction of sp³-hybridized carbons (Fsp3) is 0.583. The third-order valence-electron chi connectivity index (χ3n) is 3.41. The van der Waals surface area contributed by atoms with Crippen LogP contribution in [0, 0.1) is 10.1 Å². The second kappa shape index (κ2) is 5.40. The molecule has 3 N–H and O–H groups in total. The molecule has 0 atom stereocenters. The first-order valence-electron chi connectivity index (χ1n) is 6.33. The van der Waals surface area contributed by atoms with Crippen LogP contribution in [-0.4, -0.2) is 34.2 Å². The molecule has 0 saturated heterocycles. The Hall–Kier alpha value is -1.89. The molecule has 0 spiro atoms. The molecule has 7 heteroatoms. The number of hydrogen-bond donors (Lipinski definition) is 3. The Morgan fingerprint density at radius 1 is 1.42 bits per heavy atom. The molecule has 0 unspecified atom stereocenters. The van der Waals surface area contributed by atoms with Gasteiger partial charge in [-0.3, -0.25) is 10.1 Å². The number of aliphatic hydroxyl groups is 1. The number of rotatable bonds is 5. The van der Waals surface area contributed by atoms with Crippen LogP contribution in [0.5, 0.6) is 0 Å². The van der Waals surface area contributed by atoms with Crippen molar-refractivity contribution in [3.05, 3.63) is 22.2 Å². The summed E-state index contributed by atoms with van der Waals surface area (Å²) in [5.41, 5.74) is -0.744. The molecule has 1 fully saturated rings. The molecule has 0 radical (unpaired) electrons. The lowest BCUT2D eigenvalue weighted by molar-refractivity contribution is -0.384. The SMILES string of the molecule is CNc1cc([N+](=O)[O-])cc(NCC2(O)CCCC2)n1. The van der Waals surface area contributed by atoms with Crippen molar-refractivity contribution in [3.63, 3.8) is 0 Å². The quantitative estimate of drug-likeness (QED) is 0.554. The van der Waals surface area contributed by atoms with Gasteiger partial charge in [0, 0.05) is 13.6 Å². The molecule has 19 heavy (non-hydrogen) atoms. The molecule has 0 aliphatic heterocycles. The molecular formula is C12H18N4O3. The van der Waals surface area contributed by atoms with Gasteiger partial charge in [-0.05, 0) is 12.8 Å². The van der Waals surface area contributed by atoms with Crippen molar-refractivity contribution in [2.45, 2.75) is 31.3 Å². The van der Waals surface area contributed by atoms with Crippen LogP contribution in [0.3, 0.4) is 0 Å². The van der Waals surface area contributed by atoms with Gasteiger partial charge >= 0.3 is 0 Å². The van der Waals surface area contributed by atoms with Crippen molar-refractivity contribution >= 4 is 17.3 Å². The maximum absolute atomic E-state index is 10.8. The third-order valence-corrected chi connectivity index (χ3v) is 3.41. The zero-order valence-electron chi connectivity index (χ0n) is 10.8. The fourth-order valence-corrected chi connectivity index (χ4v) is 2.31. The monoisotopic (exact) mass is 266 g/mol. The van der Waals surface area contributed by atoms with Crippen LogP contribution in [0.15, 0.2) is 12.1 Å². The van der Waals surface area contributed by atoms with Crippen molar-refractivity contribution < 1.29 is 10.0 Å². The third kappa shape index (κ3) is 3.31. The molecule has 7 nitrogen and oxygen atoms in total. The maximum atomic E-state index is 10.8. The van der Waals surface area contributed by atoms with Gasteiger partial charge in [0.2, 0.25) is 0 Å². The van der Waals surface area contributed by atoms with Crippen molar-refractivity contribution in [2.75, 3.05) is 24.2 Å². The van der Waals surface area contributed by atoms with Gasteiger partial charge in [0.25, 0.3) is 5.69 Å². The van der Waals surface area contributed by atoms with Crippen LogP contribution >= 0.6 is 0 Å². The highest BCUT2D eigenvalue weighted by Crippen LogP contribution is 2.30. The van der Waals surface area contributed by atoms with Gasteiger partial charge < -0.3 is 15.7 Å². The largest absolute Gasteiger partial charge is 0.388 e. The van der Waals surface area contributed by atoms with Crippen molar-refractivity contribution in [1.82, 2.24) is 4.98 Å². The molecule has 1 aliphatic rings. The topological polar surface area (TPSA) is 100 Å². The van der Waals surface area contributed by atoms with Crippen LogP contribution in [0.4, 0.5) is 17.3 Å². The van der Waals surface area contributed by atoms with Gasteiger partial charge in [0.15, 0.2) is 0 Å². The average molecular weight is 266 g/mol. The van der Waals surface area contributed by atoms with E-state index in [9.17, 15) is 15.2 Å². The highest BCUT2D eigenvalue weighted by atomic mass is 16.6. The first-order chi connectivity index (χ1) is 9.02. The Bertz CT molecular complexity index is 472. The van der Waals surface area contributed by atoms with Gasteiger partial charge in [-0.25, -0.2) is 4.98 Å². The molecule has 0 bridgehead atoms. The molecule has 0 amide bonds. The first-order valence-corrected chi connectivity index (χ1v) is 6.33. The Labute approximate surface area is 111 Å². The van der Waals surface area contributed by atoms with E-state index in [0.29, 0.717) is 18.2 Å². The van der Waals surface area contributed by atoms with E-state index in [0.717, 1.165) is 25.7 Å². The Balaban J connectivity index is 2.10. The van der Waals surface area contributed by atoms with Gasteiger partial charge in [-0.2, -0.15) is 0 Å². The minimum atomic E-state index is -0.716. The number of aromatic nitrogens is 1. The summed E-state index contributed by atoms with van der Waals surface area (Å²) < 4.78 is 0. The zero-order valence-corrected chi connectivity index (χ0v) is 10.8. The number of hydrogen-bond acceptors (Lipinski definition) is 6. The molecule has 104 valence electrons. The predicted octanol–water partition coefficient (Wildman–Crippen LogP) is 1.75. The number of nitrogens with zero attached hydrogens (tertiary/aromatic N) is 2. The molecule has 1 saturated carbocycles. The van der Waals surface area contributed by atoms with Crippen LogP contribution in [0.25, 0.3) is 0 Å². The smallest absolute Gasteiger partial charge is 0.276 e. The van der Waals surface area contributed by atoms with E-state index < -0.39 is 10.5 Å². The average Bonchev–Trinajstić information content (AvgIpc) is 2.83. The lowest BCUT2D eigenvalue weighted by Crippen LogP contribution is -2.33. The number of nitro groups is 1. The van der Waals surface area contributed by atoms with E-state index in [1.807, 2.05) is 0 Å². The zero-order chi connectivity index (χ0) is 13.9. The van der Waals surface area contributed by atoms with Gasteiger partial charge in [-0.1, -0.05) is 12.8 Å². The molecule has 1 heterocycles. The Kier molecular flexibility index (Phi) is 3.84. The van der Waals surface area contributed by atoms with E-state index in [1.54, 1.807) is 7.05 Å². The first kappa shape index (κ1) is 13.5. The maximum Gasteiger partial charge on any atom is 0.276 e. The number of pyridine rings is 1. The molecule has 1 aromatic heterocycles. The molecule has 0 aromatic carbocycles. The van der Waals surface area contributed by atoms with Crippen LogP contribution in [0.2, 0.25) is 0 Å². The summed E-state index contributed by atoms with van der Waals surface area (Å²) in [4.78, 5) is 14.5. The van der Waals surface area contributed by atoms with Crippen LogP contribution in [0.1, 0.15) is 25.7 Å². The van der Waals surface area contributed by atoms with Crippen molar-refractivity contribution in [3.8, 4) is 0 Å². The molecular weight excluding hydrogens is 248 g/mol. The molecule has 2 rings (SSSR count). The normalized spacial score (nSPS) is 17.2. The Morgan fingerprint density at radius 3 is 2.63 bits per heavy atom. The summed E-state index contributed by atoms with van der Waals surface area (Å²) in [7, 11) is 1.65. The lowest BCUT2D eigenvalue weighted by atomic mass is 10.0. The highest BCUT2D eigenvalue weighted by molar-refractivity contribution is 5.54. The second-order valence-corrected chi connectivity index (χ2v) is 4.89. The van der Waals surface area contributed by atoms with Crippen LogP contribution < -0.4 is 10.6 Å². The Morgan fingerprint density at radius 2 is 2.05 bits per heavy atom. The fourth-order valence-electron chi connectivity index (χ4n) is 2.31. The van der Waals surface area contributed by atoms with Crippen LogP contribution in [-0.2, 0) is 0 Å².